The number of likely N-dealkylation sites (N-methyl/N-ethyl adjacent to an activating group) is 1. The van der Waals surface area contributed by atoms with Gasteiger partial charge in [-0.05, 0) is 32.9 Å². The highest BCUT2D eigenvalue weighted by molar-refractivity contribution is 6.30. The van der Waals surface area contributed by atoms with Crippen LogP contribution in [0, 0.1) is 5.82 Å². The molecule has 1 aromatic carbocycles. The van der Waals surface area contributed by atoms with Crippen molar-refractivity contribution in [3.63, 3.8) is 0 Å². The Labute approximate surface area is 134 Å². The smallest absolute Gasteiger partial charge is 0.260 e. The molecule has 0 bridgehead atoms. The van der Waals surface area contributed by atoms with Crippen LogP contribution in [-0.4, -0.2) is 42.5 Å². The van der Waals surface area contributed by atoms with Gasteiger partial charge in [0.05, 0.1) is 11.6 Å². The first kappa shape index (κ1) is 18.2. The molecule has 0 atom stereocenters. The number of amides is 2. The Hall–Kier alpha value is -1.82. The van der Waals surface area contributed by atoms with Crippen molar-refractivity contribution in [3.05, 3.63) is 29.0 Å². The van der Waals surface area contributed by atoms with E-state index in [1.165, 1.54) is 24.1 Å². The topological polar surface area (TPSA) is 58.6 Å². The Kier molecular flexibility index (Phi) is 6.17. The zero-order valence-electron chi connectivity index (χ0n) is 13.1. The van der Waals surface area contributed by atoms with Gasteiger partial charge in [-0.2, -0.15) is 0 Å². The lowest BCUT2D eigenvalue weighted by molar-refractivity contribution is -0.136. The molecule has 0 saturated carbocycles. The summed E-state index contributed by atoms with van der Waals surface area (Å²) in [6.45, 7) is 5.24. The molecule has 1 aromatic rings. The molecule has 5 nitrogen and oxygen atoms in total. The molecular formula is C15H20ClFN2O3. The van der Waals surface area contributed by atoms with Crippen LogP contribution >= 0.6 is 11.6 Å². The minimum absolute atomic E-state index is 0.0658. The van der Waals surface area contributed by atoms with Crippen molar-refractivity contribution in [1.29, 1.82) is 0 Å². The minimum Gasteiger partial charge on any atom is -0.484 e. The summed E-state index contributed by atoms with van der Waals surface area (Å²) < 4.78 is 18.2. The van der Waals surface area contributed by atoms with Crippen LogP contribution in [0.4, 0.5) is 4.39 Å². The quantitative estimate of drug-likeness (QED) is 0.900. The van der Waals surface area contributed by atoms with Gasteiger partial charge in [-0.15, -0.1) is 0 Å². The molecule has 0 aliphatic rings. The lowest BCUT2D eigenvalue weighted by Crippen LogP contribution is -2.47. The molecule has 0 saturated heterocycles. The van der Waals surface area contributed by atoms with Gasteiger partial charge in [0.15, 0.2) is 6.61 Å². The third-order valence-electron chi connectivity index (χ3n) is 2.57. The van der Waals surface area contributed by atoms with E-state index in [2.05, 4.69) is 5.32 Å². The summed E-state index contributed by atoms with van der Waals surface area (Å²) >= 11 is 5.62. The maximum Gasteiger partial charge on any atom is 0.260 e. The normalized spacial score (nSPS) is 11.0. The molecule has 0 aliphatic heterocycles. The predicted octanol–water partition coefficient (Wildman–Crippen LogP) is 2.23. The third kappa shape index (κ3) is 6.30. The third-order valence-corrected chi connectivity index (χ3v) is 2.86. The van der Waals surface area contributed by atoms with Crippen LogP contribution in [0.15, 0.2) is 18.2 Å². The van der Waals surface area contributed by atoms with E-state index in [0.29, 0.717) is 0 Å². The molecular weight excluding hydrogens is 311 g/mol. The van der Waals surface area contributed by atoms with Gasteiger partial charge >= 0.3 is 0 Å². The lowest BCUT2D eigenvalue weighted by atomic mass is 10.1. The summed E-state index contributed by atoms with van der Waals surface area (Å²) in [5.74, 6) is -0.902. The van der Waals surface area contributed by atoms with E-state index < -0.39 is 5.82 Å². The standard InChI is InChI=1S/C15H20ClFN2O3/c1-15(2,3)18-13(20)8-19(4)14(21)9-22-10-5-6-12(17)11(16)7-10/h5-7H,8-9H2,1-4H3,(H,18,20). The van der Waals surface area contributed by atoms with E-state index in [9.17, 15) is 14.0 Å². The molecule has 1 rings (SSSR count). The number of benzene rings is 1. The molecule has 0 radical (unpaired) electrons. The fourth-order valence-corrected chi connectivity index (χ4v) is 1.75. The van der Waals surface area contributed by atoms with Crippen molar-refractivity contribution >= 4 is 23.4 Å². The van der Waals surface area contributed by atoms with Crippen molar-refractivity contribution in [2.24, 2.45) is 0 Å². The molecule has 1 N–H and O–H groups in total. The average molecular weight is 331 g/mol. The van der Waals surface area contributed by atoms with Crippen molar-refractivity contribution in [2.45, 2.75) is 26.3 Å². The van der Waals surface area contributed by atoms with Crippen LogP contribution < -0.4 is 10.1 Å². The van der Waals surface area contributed by atoms with Gasteiger partial charge < -0.3 is 15.0 Å². The van der Waals surface area contributed by atoms with Crippen LogP contribution in [0.25, 0.3) is 0 Å². The van der Waals surface area contributed by atoms with Crippen molar-refractivity contribution in [3.8, 4) is 5.75 Å². The molecule has 0 unspecified atom stereocenters. The van der Waals surface area contributed by atoms with Gasteiger partial charge in [0.25, 0.3) is 5.91 Å². The van der Waals surface area contributed by atoms with Crippen molar-refractivity contribution in [1.82, 2.24) is 10.2 Å². The summed E-state index contributed by atoms with van der Waals surface area (Å²) in [7, 11) is 1.51. The average Bonchev–Trinajstić information content (AvgIpc) is 2.37. The number of carbonyl (C=O) groups excluding carboxylic acids is 2. The van der Waals surface area contributed by atoms with E-state index in [0.717, 1.165) is 6.07 Å². The number of nitrogens with zero attached hydrogens (tertiary/aromatic N) is 1. The van der Waals surface area contributed by atoms with E-state index >= 15 is 0 Å². The van der Waals surface area contributed by atoms with Gasteiger partial charge in [-0.3, -0.25) is 9.59 Å². The summed E-state index contributed by atoms with van der Waals surface area (Å²) in [6.07, 6.45) is 0. The Morgan fingerprint density at radius 1 is 1.36 bits per heavy atom. The SMILES string of the molecule is CN(CC(=O)NC(C)(C)C)C(=O)COc1ccc(F)c(Cl)c1. The Morgan fingerprint density at radius 2 is 2.00 bits per heavy atom. The summed E-state index contributed by atoms with van der Waals surface area (Å²) in [5.41, 5.74) is -0.359. The first-order valence-corrected chi connectivity index (χ1v) is 7.09. The first-order valence-electron chi connectivity index (χ1n) is 6.71. The van der Waals surface area contributed by atoms with Crippen LogP contribution in [0.1, 0.15) is 20.8 Å². The number of hydrogen-bond donors (Lipinski definition) is 1. The van der Waals surface area contributed by atoms with Gasteiger partial charge in [0, 0.05) is 18.7 Å². The summed E-state index contributed by atoms with van der Waals surface area (Å²) in [6, 6.07) is 3.82. The number of ether oxygens (including phenoxy) is 1. The Balaban J connectivity index is 2.47. The molecule has 22 heavy (non-hydrogen) atoms. The van der Waals surface area contributed by atoms with E-state index in [-0.39, 0.29) is 41.3 Å². The molecule has 0 aliphatic carbocycles. The maximum atomic E-state index is 13.0. The van der Waals surface area contributed by atoms with Gasteiger partial charge in [0.2, 0.25) is 5.91 Å². The molecule has 0 spiro atoms. The zero-order valence-corrected chi connectivity index (χ0v) is 13.8. The van der Waals surface area contributed by atoms with Crippen LogP contribution in [0.2, 0.25) is 5.02 Å². The van der Waals surface area contributed by atoms with Gasteiger partial charge in [-0.25, -0.2) is 4.39 Å². The lowest BCUT2D eigenvalue weighted by Gasteiger charge is -2.23. The molecule has 7 heteroatoms. The second-order valence-electron chi connectivity index (χ2n) is 5.91. The number of rotatable bonds is 5. The highest BCUT2D eigenvalue weighted by Crippen LogP contribution is 2.20. The monoisotopic (exact) mass is 330 g/mol. The van der Waals surface area contributed by atoms with E-state index in [1.54, 1.807) is 0 Å². The van der Waals surface area contributed by atoms with Gasteiger partial charge in [-0.1, -0.05) is 11.6 Å². The highest BCUT2D eigenvalue weighted by Gasteiger charge is 2.18. The second kappa shape index (κ2) is 7.45. The molecule has 2 amide bonds. The number of nitrogens with one attached hydrogen (secondary N) is 1. The Bertz CT molecular complexity index is 558. The van der Waals surface area contributed by atoms with E-state index in [1.807, 2.05) is 20.8 Å². The Morgan fingerprint density at radius 3 is 2.55 bits per heavy atom. The summed E-state index contributed by atoms with van der Waals surface area (Å²) in [4.78, 5) is 24.9. The second-order valence-corrected chi connectivity index (χ2v) is 6.32. The zero-order chi connectivity index (χ0) is 16.9. The number of carbonyl (C=O) groups is 2. The van der Waals surface area contributed by atoms with E-state index in [4.69, 9.17) is 16.3 Å². The van der Waals surface area contributed by atoms with Gasteiger partial charge in [0.1, 0.15) is 11.6 Å². The first-order chi connectivity index (χ1) is 10.1. The van der Waals surface area contributed by atoms with Crippen LogP contribution in [-0.2, 0) is 9.59 Å². The molecule has 0 heterocycles. The maximum absolute atomic E-state index is 13.0. The molecule has 0 aromatic heterocycles. The largest absolute Gasteiger partial charge is 0.484 e. The number of halogens is 2. The van der Waals surface area contributed by atoms with Crippen molar-refractivity contribution < 1.29 is 18.7 Å². The predicted molar refractivity (Wildman–Crippen MR) is 82.4 cm³/mol. The molecule has 0 fully saturated rings. The van der Waals surface area contributed by atoms with Crippen molar-refractivity contribution in [2.75, 3.05) is 20.2 Å². The fraction of sp³-hybridized carbons (Fsp3) is 0.467. The van der Waals surface area contributed by atoms with Crippen LogP contribution in [0.5, 0.6) is 5.75 Å². The fourth-order valence-electron chi connectivity index (χ4n) is 1.58. The summed E-state index contributed by atoms with van der Waals surface area (Å²) in [5, 5.41) is 2.68. The van der Waals surface area contributed by atoms with Crippen LogP contribution in [0.3, 0.4) is 0 Å². The molecule has 122 valence electrons. The highest BCUT2D eigenvalue weighted by atomic mass is 35.5. The number of hydrogen-bond acceptors (Lipinski definition) is 3. The minimum atomic E-state index is -0.559.